The summed E-state index contributed by atoms with van der Waals surface area (Å²) in [6.07, 6.45) is -0.296. The summed E-state index contributed by atoms with van der Waals surface area (Å²) in [6, 6.07) is 25.0. The van der Waals surface area contributed by atoms with E-state index in [0.717, 1.165) is 11.4 Å². The highest BCUT2D eigenvalue weighted by Gasteiger charge is 2.50. The van der Waals surface area contributed by atoms with Crippen molar-refractivity contribution in [2.45, 2.75) is 18.5 Å². The van der Waals surface area contributed by atoms with Gasteiger partial charge in [0.25, 0.3) is 5.91 Å². The van der Waals surface area contributed by atoms with Gasteiger partial charge in [-0.1, -0.05) is 48.5 Å². The van der Waals surface area contributed by atoms with Crippen LogP contribution in [0.5, 0.6) is 11.5 Å². The van der Waals surface area contributed by atoms with E-state index >= 15 is 0 Å². The van der Waals surface area contributed by atoms with Crippen LogP contribution < -0.4 is 20.7 Å². The number of Topliss-reactive ketones (excluding diaryl/α,β-unsaturated/α-hetero) is 1. The summed E-state index contributed by atoms with van der Waals surface area (Å²) in [5.41, 5.74) is 0.352. The average Bonchev–Trinajstić information content (AvgIpc) is 3.42. The number of anilines is 1. The highest BCUT2D eigenvalue weighted by Crippen LogP contribution is 2.31. The van der Waals surface area contributed by atoms with Crippen LogP contribution in [-0.4, -0.2) is 37.0 Å². The van der Waals surface area contributed by atoms with Gasteiger partial charge in [0.2, 0.25) is 0 Å². The normalized spacial score (nSPS) is 21.0. The SMILES string of the molecule is CC1(c2ccc(Oc3ccccc3)cc2)NC(=O)C(Nc2ccccc2)C1=O.O=C1NCCO1. The Morgan fingerprint density at radius 3 is 2.06 bits per heavy atom. The number of carbonyl (C=O) groups excluding carboxylic acids is 3. The molecular weight excluding hydrogens is 434 g/mol. The van der Waals surface area contributed by atoms with Gasteiger partial charge in [-0.3, -0.25) is 9.59 Å². The molecule has 2 aliphatic heterocycles. The molecule has 34 heavy (non-hydrogen) atoms. The molecule has 0 spiro atoms. The van der Waals surface area contributed by atoms with E-state index in [1.165, 1.54) is 0 Å². The minimum Gasteiger partial charge on any atom is -0.457 e. The van der Waals surface area contributed by atoms with E-state index in [1.54, 1.807) is 31.2 Å². The number of hydrogen-bond acceptors (Lipinski definition) is 6. The van der Waals surface area contributed by atoms with E-state index in [9.17, 15) is 14.4 Å². The van der Waals surface area contributed by atoms with E-state index < -0.39 is 11.6 Å². The van der Waals surface area contributed by atoms with Gasteiger partial charge in [-0.05, 0) is 48.9 Å². The van der Waals surface area contributed by atoms with E-state index in [4.69, 9.17) is 4.74 Å². The maximum absolute atomic E-state index is 13.0. The Balaban J connectivity index is 0.000000398. The summed E-state index contributed by atoms with van der Waals surface area (Å²) in [7, 11) is 0. The molecule has 3 N–H and O–H groups in total. The lowest BCUT2D eigenvalue weighted by molar-refractivity contribution is -0.124. The molecule has 3 aromatic rings. The molecule has 174 valence electrons. The van der Waals surface area contributed by atoms with Crippen molar-refractivity contribution in [1.29, 1.82) is 0 Å². The number of alkyl carbamates (subject to hydrolysis) is 1. The summed E-state index contributed by atoms with van der Waals surface area (Å²) in [6.45, 7) is 2.92. The third-order valence-corrected chi connectivity index (χ3v) is 5.49. The zero-order valence-corrected chi connectivity index (χ0v) is 18.6. The Kier molecular flexibility index (Phi) is 6.77. The van der Waals surface area contributed by atoms with Crippen molar-refractivity contribution < 1.29 is 23.9 Å². The molecule has 0 aromatic heterocycles. The third kappa shape index (κ3) is 5.17. The van der Waals surface area contributed by atoms with Crippen LogP contribution in [0.3, 0.4) is 0 Å². The fourth-order valence-electron chi connectivity index (χ4n) is 3.66. The highest BCUT2D eigenvalue weighted by atomic mass is 16.6. The van der Waals surface area contributed by atoms with Crippen LogP contribution in [0.1, 0.15) is 12.5 Å². The average molecular weight is 460 g/mol. The van der Waals surface area contributed by atoms with Crippen LogP contribution >= 0.6 is 0 Å². The van der Waals surface area contributed by atoms with Gasteiger partial charge in [0.05, 0.1) is 6.54 Å². The quantitative estimate of drug-likeness (QED) is 0.504. The summed E-state index contributed by atoms with van der Waals surface area (Å²) in [4.78, 5) is 35.4. The number of hydrogen-bond donors (Lipinski definition) is 3. The Morgan fingerprint density at radius 2 is 1.50 bits per heavy atom. The number of benzene rings is 3. The van der Waals surface area contributed by atoms with Crippen LogP contribution in [0.25, 0.3) is 0 Å². The molecule has 2 aliphatic rings. The zero-order valence-electron chi connectivity index (χ0n) is 18.6. The second kappa shape index (κ2) is 10.1. The lowest BCUT2D eigenvalue weighted by atomic mass is 9.88. The molecule has 2 fully saturated rings. The lowest BCUT2D eigenvalue weighted by Gasteiger charge is -2.23. The third-order valence-electron chi connectivity index (χ3n) is 5.49. The molecule has 0 aliphatic carbocycles. The number of para-hydroxylation sites is 2. The van der Waals surface area contributed by atoms with Gasteiger partial charge >= 0.3 is 6.09 Å². The molecule has 8 heteroatoms. The monoisotopic (exact) mass is 459 g/mol. The molecule has 2 unspecified atom stereocenters. The molecule has 3 aromatic carbocycles. The summed E-state index contributed by atoms with van der Waals surface area (Å²) in [5, 5.41) is 8.33. The van der Waals surface area contributed by atoms with Crippen LogP contribution in [-0.2, 0) is 19.9 Å². The molecule has 0 radical (unpaired) electrons. The molecular formula is C26H25N3O5. The van der Waals surface area contributed by atoms with Gasteiger partial charge in [0.1, 0.15) is 23.6 Å². The standard InChI is InChI=1S/C23H20N2O3.C3H5NO2/c1-23(16-12-14-19(15-13-16)28-18-10-6-3-7-11-18)21(26)20(22(27)25-23)24-17-8-4-2-5-9-17;5-3-4-1-2-6-3/h2-15,20,24H,1H3,(H,25,27);1-2H2,(H,4,5). The van der Waals surface area contributed by atoms with E-state index in [2.05, 4.69) is 20.7 Å². The maximum atomic E-state index is 13.0. The lowest BCUT2D eigenvalue weighted by Crippen LogP contribution is -2.41. The Hall–Kier alpha value is -4.33. The van der Waals surface area contributed by atoms with Crippen molar-refractivity contribution in [1.82, 2.24) is 10.6 Å². The molecule has 8 nitrogen and oxygen atoms in total. The second-order valence-electron chi connectivity index (χ2n) is 7.92. The van der Waals surface area contributed by atoms with Crippen molar-refractivity contribution in [3.63, 3.8) is 0 Å². The first kappa shape index (κ1) is 22.8. The highest BCUT2D eigenvalue weighted by molar-refractivity contribution is 6.18. The first-order valence-electron chi connectivity index (χ1n) is 10.9. The van der Waals surface area contributed by atoms with E-state index in [-0.39, 0.29) is 17.8 Å². The molecule has 0 bridgehead atoms. The van der Waals surface area contributed by atoms with Crippen molar-refractivity contribution in [3.8, 4) is 11.5 Å². The molecule has 5 rings (SSSR count). The number of rotatable bonds is 5. The van der Waals surface area contributed by atoms with Crippen molar-refractivity contribution in [2.75, 3.05) is 18.5 Å². The summed E-state index contributed by atoms with van der Waals surface area (Å²) >= 11 is 0. The van der Waals surface area contributed by atoms with Gasteiger partial charge in [-0.2, -0.15) is 0 Å². The second-order valence-corrected chi connectivity index (χ2v) is 7.92. The first-order chi connectivity index (χ1) is 16.5. The maximum Gasteiger partial charge on any atom is 0.407 e. The Morgan fingerprint density at radius 1 is 0.882 bits per heavy atom. The predicted octanol–water partition coefficient (Wildman–Crippen LogP) is 3.60. The fraction of sp³-hybridized carbons (Fsp3) is 0.192. The van der Waals surface area contributed by atoms with Crippen LogP contribution in [0.2, 0.25) is 0 Å². The number of ketones is 1. The van der Waals surface area contributed by atoms with Crippen molar-refractivity contribution in [2.24, 2.45) is 0 Å². The molecule has 2 heterocycles. The van der Waals surface area contributed by atoms with Gasteiger partial charge < -0.3 is 25.4 Å². The van der Waals surface area contributed by atoms with Crippen molar-refractivity contribution in [3.05, 3.63) is 90.5 Å². The molecule has 0 saturated carbocycles. The number of carbonyl (C=O) groups is 3. The Bertz CT molecular complexity index is 1140. The molecule has 2 atom stereocenters. The van der Waals surface area contributed by atoms with Crippen LogP contribution in [0.15, 0.2) is 84.9 Å². The minimum absolute atomic E-state index is 0.210. The van der Waals surface area contributed by atoms with E-state index in [1.807, 2.05) is 60.7 Å². The predicted molar refractivity (Wildman–Crippen MR) is 127 cm³/mol. The smallest absolute Gasteiger partial charge is 0.407 e. The van der Waals surface area contributed by atoms with Crippen LogP contribution in [0, 0.1) is 0 Å². The first-order valence-corrected chi connectivity index (χ1v) is 10.9. The minimum atomic E-state index is -1.09. The summed E-state index contributed by atoms with van der Waals surface area (Å²) in [5.74, 6) is 0.854. The number of amides is 2. The topological polar surface area (TPSA) is 106 Å². The van der Waals surface area contributed by atoms with Gasteiger partial charge in [0, 0.05) is 5.69 Å². The van der Waals surface area contributed by atoms with Crippen molar-refractivity contribution >= 4 is 23.5 Å². The number of ether oxygens (including phenoxy) is 2. The number of cyclic esters (lactones) is 1. The Labute approximate surface area is 197 Å². The number of nitrogens with one attached hydrogen (secondary N) is 3. The van der Waals surface area contributed by atoms with Gasteiger partial charge in [-0.25, -0.2) is 4.79 Å². The van der Waals surface area contributed by atoms with Crippen LogP contribution in [0.4, 0.5) is 10.5 Å². The fourth-order valence-corrected chi connectivity index (χ4v) is 3.66. The van der Waals surface area contributed by atoms with E-state index in [0.29, 0.717) is 24.5 Å². The van der Waals surface area contributed by atoms with Gasteiger partial charge in [-0.15, -0.1) is 0 Å². The van der Waals surface area contributed by atoms with Gasteiger partial charge in [0.15, 0.2) is 11.8 Å². The molecule has 2 saturated heterocycles. The largest absolute Gasteiger partial charge is 0.457 e. The zero-order chi connectivity index (χ0) is 24.0. The summed E-state index contributed by atoms with van der Waals surface area (Å²) < 4.78 is 10.2. The molecule has 2 amide bonds.